The van der Waals surface area contributed by atoms with Gasteiger partial charge in [-0.2, -0.15) is 0 Å². The molecule has 0 aliphatic carbocycles. The van der Waals surface area contributed by atoms with Crippen molar-refractivity contribution in [3.8, 4) is 5.75 Å². The molecule has 0 aliphatic heterocycles. The highest BCUT2D eigenvalue weighted by Gasteiger charge is 2.11. The van der Waals surface area contributed by atoms with Crippen LogP contribution in [-0.4, -0.2) is 13.0 Å². The maximum absolute atomic E-state index is 12.8. The van der Waals surface area contributed by atoms with Gasteiger partial charge in [-0.3, -0.25) is 0 Å². The lowest BCUT2D eigenvalue weighted by Gasteiger charge is -2.13. The lowest BCUT2D eigenvalue weighted by molar-refractivity contribution is 0.0812. The van der Waals surface area contributed by atoms with Crippen LogP contribution in [0, 0.1) is 5.82 Å². The Labute approximate surface area is 85.8 Å². The number of hydrogen-bond acceptors (Lipinski definition) is 2. The topological polar surface area (TPSA) is 35.2 Å². The predicted molar refractivity (Wildman–Crippen MR) is 50.5 cm³/mol. The van der Waals surface area contributed by atoms with E-state index in [1.54, 1.807) is 6.92 Å². The number of hydrogen-bond donors (Lipinski definition) is 1. The second-order valence-corrected chi connectivity index (χ2v) is 3.17. The Balaban J connectivity index is 2.86. The van der Waals surface area contributed by atoms with Crippen molar-refractivity contribution in [1.29, 1.82) is 0 Å². The molecule has 84 valence electrons. The van der Waals surface area contributed by atoms with E-state index >= 15 is 0 Å². The van der Waals surface area contributed by atoms with Crippen molar-refractivity contribution in [3.05, 3.63) is 29.6 Å². The van der Waals surface area contributed by atoms with Gasteiger partial charge in [-0.25, -0.2) is 13.2 Å². The van der Waals surface area contributed by atoms with Gasteiger partial charge < -0.3 is 10.5 Å². The zero-order valence-corrected chi connectivity index (χ0v) is 8.21. The maximum Gasteiger partial charge on any atom is 0.272 e. The first kappa shape index (κ1) is 11.8. The monoisotopic (exact) mass is 219 g/mol. The third-order valence-electron chi connectivity index (χ3n) is 1.83. The van der Waals surface area contributed by atoms with Crippen LogP contribution >= 0.6 is 0 Å². The normalized spacial score (nSPS) is 12.9. The SMILES string of the molecule is C[C@@H](N)c1cc(F)ccc1OCC(F)F. The molecule has 0 radical (unpaired) electrons. The standard InChI is InChI=1S/C10H12F3NO/c1-6(14)8-4-7(11)2-3-9(8)15-5-10(12)13/h2-4,6,10H,5,14H2,1H3/t6-/m1/s1. The Morgan fingerprint density at radius 1 is 1.40 bits per heavy atom. The average molecular weight is 219 g/mol. The van der Waals surface area contributed by atoms with E-state index in [1.807, 2.05) is 0 Å². The van der Waals surface area contributed by atoms with E-state index in [4.69, 9.17) is 10.5 Å². The van der Waals surface area contributed by atoms with E-state index in [0.29, 0.717) is 5.56 Å². The highest BCUT2D eigenvalue weighted by molar-refractivity contribution is 5.36. The first-order valence-electron chi connectivity index (χ1n) is 4.46. The first-order chi connectivity index (χ1) is 7.00. The summed E-state index contributed by atoms with van der Waals surface area (Å²) >= 11 is 0. The van der Waals surface area contributed by atoms with E-state index in [2.05, 4.69) is 0 Å². The molecule has 0 unspecified atom stereocenters. The van der Waals surface area contributed by atoms with Crippen molar-refractivity contribution in [2.75, 3.05) is 6.61 Å². The summed E-state index contributed by atoms with van der Waals surface area (Å²) in [4.78, 5) is 0. The predicted octanol–water partition coefficient (Wildman–Crippen LogP) is 2.49. The molecule has 0 amide bonds. The molecule has 0 saturated carbocycles. The minimum atomic E-state index is -2.56. The Morgan fingerprint density at radius 3 is 2.60 bits per heavy atom. The van der Waals surface area contributed by atoms with Gasteiger partial charge in [0.1, 0.15) is 18.2 Å². The van der Waals surface area contributed by atoms with Crippen LogP contribution in [0.4, 0.5) is 13.2 Å². The maximum atomic E-state index is 12.8. The van der Waals surface area contributed by atoms with Gasteiger partial charge in [0.15, 0.2) is 0 Å². The second kappa shape index (κ2) is 5.02. The molecule has 0 aliphatic rings. The van der Waals surface area contributed by atoms with Crippen LogP contribution in [0.5, 0.6) is 5.75 Å². The minimum absolute atomic E-state index is 0.201. The third kappa shape index (κ3) is 3.43. The van der Waals surface area contributed by atoms with E-state index in [0.717, 1.165) is 6.07 Å². The molecular weight excluding hydrogens is 207 g/mol. The molecule has 1 aromatic rings. The fourth-order valence-corrected chi connectivity index (χ4v) is 1.16. The second-order valence-electron chi connectivity index (χ2n) is 3.17. The smallest absolute Gasteiger partial charge is 0.272 e. The van der Waals surface area contributed by atoms with Crippen molar-refractivity contribution in [2.45, 2.75) is 19.4 Å². The summed E-state index contributed by atoms with van der Waals surface area (Å²) in [6.45, 7) is 0.912. The minimum Gasteiger partial charge on any atom is -0.487 e. The van der Waals surface area contributed by atoms with Crippen LogP contribution in [0.3, 0.4) is 0 Å². The number of rotatable bonds is 4. The van der Waals surface area contributed by atoms with E-state index in [9.17, 15) is 13.2 Å². The lowest BCUT2D eigenvalue weighted by Crippen LogP contribution is -2.12. The largest absolute Gasteiger partial charge is 0.487 e. The zero-order valence-electron chi connectivity index (χ0n) is 8.21. The van der Waals surface area contributed by atoms with Gasteiger partial charge in [0.2, 0.25) is 0 Å². The molecule has 5 heteroatoms. The highest BCUT2D eigenvalue weighted by Crippen LogP contribution is 2.24. The van der Waals surface area contributed by atoms with Gasteiger partial charge in [0.25, 0.3) is 6.43 Å². The summed E-state index contributed by atoms with van der Waals surface area (Å²) in [5.74, 6) is -0.265. The fourth-order valence-electron chi connectivity index (χ4n) is 1.16. The average Bonchev–Trinajstić information content (AvgIpc) is 2.15. The molecule has 2 N–H and O–H groups in total. The molecule has 0 fully saturated rings. The number of nitrogens with two attached hydrogens (primary N) is 1. The molecule has 0 aromatic heterocycles. The van der Waals surface area contributed by atoms with Crippen LogP contribution in [0.2, 0.25) is 0 Å². The van der Waals surface area contributed by atoms with Crippen LogP contribution in [-0.2, 0) is 0 Å². The van der Waals surface area contributed by atoms with Crippen molar-refractivity contribution in [3.63, 3.8) is 0 Å². The van der Waals surface area contributed by atoms with Gasteiger partial charge in [-0.05, 0) is 25.1 Å². The van der Waals surface area contributed by atoms with Crippen molar-refractivity contribution >= 4 is 0 Å². The quantitative estimate of drug-likeness (QED) is 0.844. The Bertz CT molecular complexity index is 328. The molecule has 15 heavy (non-hydrogen) atoms. The molecule has 1 rings (SSSR count). The highest BCUT2D eigenvalue weighted by atomic mass is 19.3. The van der Waals surface area contributed by atoms with Crippen molar-refractivity contribution in [1.82, 2.24) is 0 Å². The molecule has 0 heterocycles. The van der Waals surface area contributed by atoms with Gasteiger partial charge in [-0.1, -0.05) is 0 Å². The fraction of sp³-hybridized carbons (Fsp3) is 0.400. The molecule has 1 aromatic carbocycles. The Morgan fingerprint density at radius 2 is 2.07 bits per heavy atom. The molecular formula is C10H12F3NO. The van der Waals surface area contributed by atoms with Crippen LogP contribution in [0.15, 0.2) is 18.2 Å². The Hall–Kier alpha value is -1.23. The third-order valence-corrected chi connectivity index (χ3v) is 1.83. The summed E-state index contributed by atoms with van der Waals surface area (Å²) in [7, 11) is 0. The van der Waals surface area contributed by atoms with Crippen LogP contribution in [0.1, 0.15) is 18.5 Å². The molecule has 2 nitrogen and oxygen atoms in total. The van der Waals surface area contributed by atoms with Crippen LogP contribution in [0.25, 0.3) is 0 Å². The molecule has 1 atom stereocenters. The van der Waals surface area contributed by atoms with E-state index in [-0.39, 0.29) is 5.75 Å². The van der Waals surface area contributed by atoms with Crippen LogP contribution < -0.4 is 10.5 Å². The van der Waals surface area contributed by atoms with Gasteiger partial charge >= 0.3 is 0 Å². The number of benzene rings is 1. The molecule has 0 bridgehead atoms. The lowest BCUT2D eigenvalue weighted by atomic mass is 10.1. The molecule has 0 spiro atoms. The zero-order chi connectivity index (χ0) is 11.4. The summed E-state index contributed by atoms with van der Waals surface area (Å²) in [6.07, 6.45) is -2.56. The summed E-state index contributed by atoms with van der Waals surface area (Å²) in [5, 5.41) is 0. The number of ether oxygens (including phenoxy) is 1. The molecule has 0 saturated heterocycles. The first-order valence-corrected chi connectivity index (χ1v) is 4.46. The number of halogens is 3. The van der Waals surface area contributed by atoms with Gasteiger partial charge in [-0.15, -0.1) is 0 Å². The van der Waals surface area contributed by atoms with Crippen molar-refractivity contribution < 1.29 is 17.9 Å². The number of alkyl halides is 2. The van der Waals surface area contributed by atoms with Gasteiger partial charge in [0.05, 0.1) is 0 Å². The van der Waals surface area contributed by atoms with Crippen molar-refractivity contribution in [2.24, 2.45) is 5.73 Å². The Kier molecular flexibility index (Phi) is 3.96. The van der Waals surface area contributed by atoms with E-state index in [1.165, 1.54) is 12.1 Å². The van der Waals surface area contributed by atoms with E-state index < -0.39 is 24.9 Å². The summed E-state index contributed by atoms with van der Waals surface area (Å²) < 4.78 is 41.5. The van der Waals surface area contributed by atoms with Gasteiger partial charge in [0, 0.05) is 11.6 Å². The summed E-state index contributed by atoms with van der Waals surface area (Å²) in [5.41, 5.74) is 5.94. The summed E-state index contributed by atoms with van der Waals surface area (Å²) in [6, 6.07) is 3.17.